The predicted octanol–water partition coefficient (Wildman–Crippen LogP) is -0.464. The molecule has 0 spiro atoms. The number of hydrogen-bond donors (Lipinski definition) is 5. The molecular weight excluding hydrogens is 408 g/mol. The fourth-order valence-corrected chi connectivity index (χ4v) is 3.35. The maximum absolute atomic E-state index is 12.9. The summed E-state index contributed by atoms with van der Waals surface area (Å²) in [4.78, 5) is 61.7. The molecule has 1 aliphatic rings. The number of nitrogens with two attached hydrogens (primary N) is 1. The van der Waals surface area contributed by atoms with Crippen molar-refractivity contribution < 1.29 is 34.2 Å². The molecule has 1 heterocycles. The number of carbonyl (C=O) groups is 5. The first-order valence-corrected chi connectivity index (χ1v) is 10.5. The van der Waals surface area contributed by atoms with Gasteiger partial charge in [0.2, 0.25) is 17.7 Å². The number of carboxylic acid groups (broad SMARTS) is 2. The fourth-order valence-electron chi connectivity index (χ4n) is 3.35. The van der Waals surface area contributed by atoms with Gasteiger partial charge < -0.3 is 31.5 Å². The lowest BCUT2D eigenvalue weighted by Crippen LogP contribution is -2.58. The maximum atomic E-state index is 12.9. The van der Waals surface area contributed by atoms with E-state index >= 15 is 0 Å². The Bertz CT molecular complexity index is 695. The van der Waals surface area contributed by atoms with E-state index in [1.165, 1.54) is 4.90 Å². The van der Waals surface area contributed by atoms with Crippen LogP contribution in [0.5, 0.6) is 0 Å². The molecule has 0 aromatic rings. The normalized spacial score (nSPS) is 19.1. The molecule has 4 unspecified atom stereocenters. The Morgan fingerprint density at radius 2 is 1.65 bits per heavy atom. The number of nitrogens with one attached hydrogen (secondary N) is 2. The van der Waals surface area contributed by atoms with Gasteiger partial charge in [0.15, 0.2) is 0 Å². The molecular formula is C20H34N4O7. The maximum Gasteiger partial charge on any atom is 0.326 e. The molecule has 3 amide bonds. The van der Waals surface area contributed by atoms with Gasteiger partial charge in [0.25, 0.3) is 0 Å². The largest absolute Gasteiger partial charge is 0.481 e. The van der Waals surface area contributed by atoms with Crippen molar-refractivity contribution >= 4 is 29.7 Å². The highest BCUT2D eigenvalue weighted by molar-refractivity contribution is 5.94. The number of nitrogens with zero attached hydrogens (tertiary/aromatic N) is 1. The average Bonchev–Trinajstić information content (AvgIpc) is 3.16. The van der Waals surface area contributed by atoms with Gasteiger partial charge in [0.1, 0.15) is 18.1 Å². The third-order valence-electron chi connectivity index (χ3n) is 5.35. The molecule has 1 aliphatic heterocycles. The van der Waals surface area contributed by atoms with E-state index in [0.717, 1.165) is 0 Å². The quantitative estimate of drug-likeness (QED) is 0.285. The number of carbonyl (C=O) groups excluding carboxylic acids is 3. The highest BCUT2D eigenvalue weighted by Crippen LogP contribution is 2.20. The molecule has 0 aliphatic carbocycles. The van der Waals surface area contributed by atoms with Crippen molar-refractivity contribution in [3.63, 3.8) is 0 Å². The molecule has 1 rings (SSSR count). The number of hydrogen-bond acceptors (Lipinski definition) is 6. The van der Waals surface area contributed by atoms with Crippen molar-refractivity contribution in [1.29, 1.82) is 0 Å². The lowest BCUT2D eigenvalue weighted by Gasteiger charge is -2.30. The molecule has 0 aromatic heterocycles. The highest BCUT2D eigenvalue weighted by atomic mass is 16.4. The van der Waals surface area contributed by atoms with E-state index in [1.54, 1.807) is 13.8 Å². The smallest absolute Gasteiger partial charge is 0.326 e. The van der Waals surface area contributed by atoms with Crippen LogP contribution in [0.15, 0.2) is 0 Å². The zero-order valence-electron chi connectivity index (χ0n) is 18.5. The van der Waals surface area contributed by atoms with E-state index in [2.05, 4.69) is 10.6 Å². The minimum Gasteiger partial charge on any atom is -0.481 e. The van der Waals surface area contributed by atoms with E-state index in [1.807, 2.05) is 13.8 Å². The molecule has 0 radical (unpaired) electrons. The first kappa shape index (κ1) is 26.3. The standard InChI is InChI=1S/C20H34N4O7/c1-10(2)15(21)19(29)24-9-5-6-13(24)17(27)23-16(11(3)4)18(28)22-12(20(30)31)7-8-14(25)26/h10-13,15-16H,5-9,21H2,1-4H3,(H,22,28)(H,23,27)(H,25,26)(H,30,31). The van der Waals surface area contributed by atoms with E-state index in [9.17, 15) is 29.1 Å². The van der Waals surface area contributed by atoms with E-state index in [-0.39, 0.29) is 24.2 Å². The van der Waals surface area contributed by atoms with E-state index in [4.69, 9.17) is 10.8 Å². The number of aliphatic carboxylic acids is 2. The van der Waals surface area contributed by atoms with Crippen LogP contribution in [0.4, 0.5) is 0 Å². The molecule has 11 heteroatoms. The van der Waals surface area contributed by atoms with Gasteiger partial charge in [-0.15, -0.1) is 0 Å². The monoisotopic (exact) mass is 442 g/mol. The third kappa shape index (κ3) is 7.50. The van der Waals surface area contributed by atoms with E-state index in [0.29, 0.717) is 19.4 Å². The van der Waals surface area contributed by atoms with Crippen LogP contribution < -0.4 is 16.4 Å². The lowest BCUT2D eigenvalue weighted by molar-refractivity contribution is -0.144. The Morgan fingerprint density at radius 1 is 1.03 bits per heavy atom. The van der Waals surface area contributed by atoms with Crippen molar-refractivity contribution in [3.8, 4) is 0 Å². The van der Waals surface area contributed by atoms with Crippen LogP contribution in [-0.2, 0) is 24.0 Å². The van der Waals surface area contributed by atoms with Gasteiger partial charge in [-0.05, 0) is 31.1 Å². The first-order chi connectivity index (χ1) is 14.4. The zero-order chi connectivity index (χ0) is 23.9. The van der Waals surface area contributed by atoms with Crippen molar-refractivity contribution in [3.05, 3.63) is 0 Å². The molecule has 11 nitrogen and oxygen atoms in total. The van der Waals surface area contributed by atoms with Gasteiger partial charge in [-0.2, -0.15) is 0 Å². The average molecular weight is 443 g/mol. The first-order valence-electron chi connectivity index (χ1n) is 10.5. The van der Waals surface area contributed by atoms with Crippen LogP contribution in [0.25, 0.3) is 0 Å². The second kappa shape index (κ2) is 11.6. The minimum atomic E-state index is -1.39. The summed E-state index contributed by atoms with van der Waals surface area (Å²) in [6, 6.07) is -3.93. The molecule has 0 aromatic carbocycles. The highest BCUT2D eigenvalue weighted by Gasteiger charge is 2.39. The molecule has 1 fully saturated rings. The predicted molar refractivity (Wildman–Crippen MR) is 111 cm³/mol. The van der Waals surface area contributed by atoms with Gasteiger partial charge in [-0.25, -0.2) is 4.79 Å². The van der Waals surface area contributed by atoms with Gasteiger partial charge in [-0.3, -0.25) is 19.2 Å². The van der Waals surface area contributed by atoms with Gasteiger partial charge in [0, 0.05) is 13.0 Å². The van der Waals surface area contributed by atoms with Crippen LogP contribution in [0, 0.1) is 11.8 Å². The Kier molecular flexibility index (Phi) is 9.89. The Morgan fingerprint density at radius 3 is 2.13 bits per heavy atom. The summed E-state index contributed by atoms with van der Waals surface area (Å²) in [7, 11) is 0. The molecule has 1 saturated heterocycles. The Hall–Kier alpha value is -2.69. The van der Waals surface area contributed by atoms with Gasteiger partial charge >= 0.3 is 11.9 Å². The van der Waals surface area contributed by atoms with Crippen LogP contribution >= 0.6 is 0 Å². The van der Waals surface area contributed by atoms with Crippen molar-refractivity contribution in [2.24, 2.45) is 17.6 Å². The molecule has 4 atom stereocenters. The Balaban J connectivity index is 2.88. The molecule has 6 N–H and O–H groups in total. The number of carboxylic acids is 2. The second-order valence-electron chi connectivity index (χ2n) is 8.52. The summed E-state index contributed by atoms with van der Waals surface area (Å²) in [5, 5.41) is 22.9. The summed E-state index contributed by atoms with van der Waals surface area (Å²) in [5.41, 5.74) is 5.95. The van der Waals surface area contributed by atoms with Gasteiger partial charge in [0.05, 0.1) is 6.04 Å². The number of likely N-dealkylation sites (tertiary alicyclic amines) is 1. The lowest BCUT2D eigenvalue weighted by atomic mass is 10.0. The molecule has 0 bridgehead atoms. The van der Waals surface area contributed by atoms with Gasteiger partial charge in [-0.1, -0.05) is 27.7 Å². The molecule has 176 valence electrons. The number of amides is 3. The minimum absolute atomic E-state index is 0.0928. The fraction of sp³-hybridized carbons (Fsp3) is 0.750. The Labute approximate surface area is 181 Å². The summed E-state index contributed by atoms with van der Waals surface area (Å²) in [6.07, 6.45) is 0.354. The van der Waals surface area contributed by atoms with Crippen molar-refractivity contribution in [2.75, 3.05) is 6.54 Å². The summed E-state index contributed by atoms with van der Waals surface area (Å²) in [5.74, 6) is -4.56. The second-order valence-corrected chi connectivity index (χ2v) is 8.52. The zero-order valence-corrected chi connectivity index (χ0v) is 18.5. The topological polar surface area (TPSA) is 179 Å². The SMILES string of the molecule is CC(C)C(N)C(=O)N1CCCC1C(=O)NC(C(=O)NC(CCC(=O)O)C(=O)O)C(C)C. The van der Waals surface area contributed by atoms with Crippen LogP contribution in [0.1, 0.15) is 53.4 Å². The van der Waals surface area contributed by atoms with Crippen LogP contribution in [-0.4, -0.2) is 75.5 Å². The summed E-state index contributed by atoms with van der Waals surface area (Å²) in [6.45, 7) is 7.39. The van der Waals surface area contributed by atoms with Crippen LogP contribution in [0.3, 0.4) is 0 Å². The molecule has 31 heavy (non-hydrogen) atoms. The summed E-state index contributed by atoms with van der Waals surface area (Å²) < 4.78 is 0. The van der Waals surface area contributed by atoms with E-state index < -0.39 is 54.3 Å². The summed E-state index contributed by atoms with van der Waals surface area (Å²) >= 11 is 0. The van der Waals surface area contributed by atoms with Crippen LogP contribution in [0.2, 0.25) is 0 Å². The third-order valence-corrected chi connectivity index (χ3v) is 5.35. The number of rotatable bonds is 11. The van der Waals surface area contributed by atoms with Crippen molar-refractivity contribution in [2.45, 2.75) is 77.5 Å². The molecule has 0 saturated carbocycles. The van der Waals surface area contributed by atoms with Crippen molar-refractivity contribution in [1.82, 2.24) is 15.5 Å².